The normalized spacial score (nSPS) is 10.5. The molecule has 1 aromatic carbocycles. The van der Waals surface area contributed by atoms with Crippen LogP contribution < -0.4 is 10.6 Å². The van der Waals surface area contributed by atoms with Crippen LogP contribution in [0.2, 0.25) is 0 Å². The van der Waals surface area contributed by atoms with Gasteiger partial charge in [-0.25, -0.2) is 4.79 Å². The summed E-state index contributed by atoms with van der Waals surface area (Å²) in [7, 11) is 0. The minimum absolute atomic E-state index is 0.162. The van der Waals surface area contributed by atoms with Crippen molar-refractivity contribution in [3.05, 3.63) is 29.8 Å². The van der Waals surface area contributed by atoms with Crippen molar-refractivity contribution >= 4 is 11.7 Å². The zero-order chi connectivity index (χ0) is 14.1. The first-order valence-corrected chi connectivity index (χ1v) is 6.86. The average molecular weight is 264 g/mol. The maximum Gasteiger partial charge on any atom is 0.319 e. The highest BCUT2D eigenvalue weighted by molar-refractivity contribution is 5.90. The molecule has 4 nitrogen and oxygen atoms in total. The highest BCUT2D eigenvalue weighted by atomic mass is 16.5. The first-order valence-electron chi connectivity index (χ1n) is 6.86. The molecule has 0 spiro atoms. The van der Waals surface area contributed by atoms with Crippen molar-refractivity contribution in [2.75, 3.05) is 25.1 Å². The Morgan fingerprint density at radius 1 is 1.32 bits per heavy atom. The Hall–Kier alpha value is -1.55. The summed E-state index contributed by atoms with van der Waals surface area (Å²) in [5, 5.41) is 5.72. The zero-order valence-electron chi connectivity index (χ0n) is 12.0. The van der Waals surface area contributed by atoms with Gasteiger partial charge in [-0.15, -0.1) is 0 Å². The quantitative estimate of drug-likeness (QED) is 0.742. The third kappa shape index (κ3) is 5.75. The molecule has 1 aromatic rings. The molecule has 19 heavy (non-hydrogen) atoms. The van der Waals surface area contributed by atoms with E-state index >= 15 is 0 Å². The number of hydrogen-bond acceptors (Lipinski definition) is 2. The van der Waals surface area contributed by atoms with E-state index in [9.17, 15) is 4.79 Å². The van der Waals surface area contributed by atoms with E-state index in [1.54, 1.807) is 0 Å². The van der Waals surface area contributed by atoms with E-state index < -0.39 is 0 Å². The monoisotopic (exact) mass is 264 g/mol. The summed E-state index contributed by atoms with van der Waals surface area (Å²) in [6.45, 7) is 8.20. The number of rotatable bonds is 7. The standard InChI is InChI=1S/C15H24N2O2/c1-4-19-11-7-10-16-15(18)17-14-9-6-5-8-13(14)12(2)3/h5-6,8-9,12H,4,7,10-11H2,1-3H3,(H2,16,17,18). The molecule has 0 aliphatic heterocycles. The Morgan fingerprint density at radius 2 is 2.05 bits per heavy atom. The molecule has 106 valence electrons. The molecule has 0 aromatic heterocycles. The molecule has 0 aliphatic carbocycles. The van der Waals surface area contributed by atoms with Gasteiger partial charge in [-0.1, -0.05) is 32.0 Å². The molecule has 0 aliphatic rings. The molecule has 0 radical (unpaired) electrons. The lowest BCUT2D eigenvalue weighted by Gasteiger charge is -2.14. The number of carbonyl (C=O) groups excluding carboxylic acids is 1. The second-order valence-electron chi connectivity index (χ2n) is 4.67. The van der Waals surface area contributed by atoms with Gasteiger partial charge in [0.1, 0.15) is 0 Å². The fraction of sp³-hybridized carbons (Fsp3) is 0.533. The first-order chi connectivity index (χ1) is 9.15. The maximum absolute atomic E-state index is 11.8. The van der Waals surface area contributed by atoms with Crippen molar-refractivity contribution in [2.24, 2.45) is 0 Å². The lowest BCUT2D eigenvalue weighted by molar-refractivity contribution is 0.145. The Kier molecular flexibility index (Phi) is 6.97. The second-order valence-corrected chi connectivity index (χ2v) is 4.67. The summed E-state index contributed by atoms with van der Waals surface area (Å²) in [6, 6.07) is 7.71. The molecule has 1 rings (SSSR count). The molecule has 0 atom stereocenters. The number of hydrogen-bond donors (Lipinski definition) is 2. The van der Waals surface area contributed by atoms with Crippen molar-refractivity contribution in [3.63, 3.8) is 0 Å². The molecule has 4 heteroatoms. The molecular formula is C15H24N2O2. The first kappa shape index (κ1) is 15.5. The number of amides is 2. The summed E-state index contributed by atoms with van der Waals surface area (Å²) in [5.41, 5.74) is 2.02. The van der Waals surface area contributed by atoms with Crippen LogP contribution in [-0.2, 0) is 4.74 Å². The molecule has 0 bridgehead atoms. The van der Waals surface area contributed by atoms with Crippen LogP contribution in [-0.4, -0.2) is 25.8 Å². The van der Waals surface area contributed by atoms with Gasteiger partial charge < -0.3 is 15.4 Å². The van der Waals surface area contributed by atoms with E-state index in [1.165, 1.54) is 0 Å². The Bertz CT molecular complexity index is 391. The number of para-hydroxylation sites is 1. The molecule has 0 saturated heterocycles. The Balaban J connectivity index is 2.40. The molecule has 0 unspecified atom stereocenters. The zero-order valence-corrected chi connectivity index (χ0v) is 12.0. The summed E-state index contributed by atoms with van der Waals surface area (Å²) in [4.78, 5) is 11.8. The molecule has 2 N–H and O–H groups in total. The minimum Gasteiger partial charge on any atom is -0.382 e. The van der Waals surface area contributed by atoms with Crippen LogP contribution in [0.4, 0.5) is 10.5 Å². The highest BCUT2D eigenvalue weighted by Crippen LogP contribution is 2.23. The van der Waals surface area contributed by atoms with Gasteiger partial charge in [-0.05, 0) is 30.9 Å². The van der Waals surface area contributed by atoms with Gasteiger partial charge in [0.15, 0.2) is 0 Å². The van der Waals surface area contributed by atoms with Crippen molar-refractivity contribution in [1.29, 1.82) is 0 Å². The van der Waals surface area contributed by atoms with Crippen LogP contribution in [0.5, 0.6) is 0 Å². The van der Waals surface area contributed by atoms with Crippen LogP contribution >= 0.6 is 0 Å². The van der Waals surface area contributed by atoms with E-state index in [0.29, 0.717) is 25.7 Å². The van der Waals surface area contributed by atoms with Crippen molar-refractivity contribution in [1.82, 2.24) is 5.32 Å². The average Bonchev–Trinajstić information content (AvgIpc) is 2.39. The number of carbonyl (C=O) groups is 1. The second kappa shape index (κ2) is 8.53. The third-order valence-electron chi connectivity index (χ3n) is 2.79. The molecule has 0 saturated carbocycles. The number of nitrogens with one attached hydrogen (secondary N) is 2. The number of anilines is 1. The van der Waals surface area contributed by atoms with Crippen molar-refractivity contribution in [3.8, 4) is 0 Å². The molecular weight excluding hydrogens is 240 g/mol. The van der Waals surface area contributed by atoms with E-state index in [1.807, 2.05) is 31.2 Å². The number of benzene rings is 1. The topological polar surface area (TPSA) is 50.4 Å². The van der Waals surface area contributed by atoms with E-state index in [-0.39, 0.29) is 6.03 Å². The van der Waals surface area contributed by atoms with Gasteiger partial charge in [0.25, 0.3) is 0 Å². The van der Waals surface area contributed by atoms with Gasteiger partial charge in [-0.2, -0.15) is 0 Å². The van der Waals surface area contributed by atoms with Crippen molar-refractivity contribution < 1.29 is 9.53 Å². The van der Waals surface area contributed by atoms with Gasteiger partial charge >= 0.3 is 6.03 Å². The third-order valence-corrected chi connectivity index (χ3v) is 2.79. The largest absolute Gasteiger partial charge is 0.382 e. The predicted molar refractivity (Wildman–Crippen MR) is 78.7 cm³/mol. The van der Waals surface area contributed by atoms with Crippen LogP contribution in [0.25, 0.3) is 0 Å². The van der Waals surface area contributed by atoms with Gasteiger partial charge in [0, 0.05) is 25.4 Å². The lowest BCUT2D eigenvalue weighted by atomic mass is 10.0. The highest BCUT2D eigenvalue weighted by Gasteiger charge is 2.08. The molecule has 0 heterocycles. The van der Waals surface area contributed by atoms with E-state index in [4.69, 9.17) is 4.74 Å². The van der Waals surface area contributed by atoms with Crippen LogP contribution in [0, 0.1) is 0 Å². The van der Waals surface area contributed by atoms with Gasteiger partial charge in [0.05, 0.1) is 0 Å². The molecule has 0 fully saturated rings. The van der Waals surface area contributed by atoms with Crippen LogP contribution in [0.1, 0.15) is 38.7 Å². The Labute approximate surface area is 115 Å². The van der Waals surface area contributed by atoms with E-state index in [2.05, 4.69) is 24.5 Å². The van der Waals surface area contributed by atoms with Gasteiger partial charge in [0.2, 0.25) is 0 Å². The fourth-order valence-electron chi connectivity index (χ4n) is 1.80. The maximum atomic E-state index is 11.8. The summed E-state index contributed by atoms with van der Waals surface area (Å²) in [6.07, 6.45) is 0.826. The van der Waals surface area contributed by atoms with Crippen LogP contribution in [0.15, 0.2) is 24.3 Å². The van der Waals surface area contributed by atoms with Gasteiger partial charge in [-0.3, -0.25) is 0 Å². The summed E-state index contributed by atoms with van der Waals surface area (Å²) in [5.74, 6) is 0.384. The van der Waals surface area contributed by atoms with Crippen LogP contribution in [0.3, 0.4) is 0 Å². The SMILES string of the molecule is CCOCCCNC(=O)Nc1ccccc1C(C)C. The number of ether oxygens (including phenoxy) is 1. The van der Waals surface area contributed by atoms with E-state index in [0.717, 1.165) is 17.7 Å². The fourth-order valence-corrected chi connectivity index (χ4v) is 1.80. The Morgan fingerprint density at radius 3 is 2.74 bits per heavy atom. The molecule has 2 amide bonds. The minimum atomic E-state index is -0.162. The summed E-state index contributed by atoms with van der Waals surface area (Å²) < 4.78 is 5.21. The smallest absolute Gasteiger partial charge is 0.319 e. The summed E-state index contributed by atoms with van der Waals surface area (Å²) >= 11 is 0. The van der Waals surface area contributed by atoms with Crippen molar-refractivity contribution in [2.45, 2.75) is 33.1 Å². The predicted octanol–water partition coefficient (Wildman–Crippen LogP) is 3.36. The lowest BCUT2D eigenvalue weighted by Crippen LogP contribution is -2.30. The number of urea groups is 1.